The van der Waals surface area contributed by atoms with Crippen molar-refractivity contribution in [2.24, 2.45) is 11.8 Å². The molecule has 1 fully saturated rings. The molecule has 2 heterocycles. The fourth-order valence-corrected chi connectivity index (χ4v) is 2.76. The van der Waals surface area contributed by atoms with E-state index in [2.05, 4.69) is 15.0 Å². The minimum absolute atomic E-state index is 0.0131. The van der Waals surface area contributed by atoms with Crippen molar-refractivity contribution in [3.63, 3.8) is 0 Å². The molecule has 0 unspecified atom stereocenters. The number of aliphatic hydroxyl groups excluding tert-OH is 2. The Bertz CT molecular complexity index is 664. The second kappa shape index (κ2) is 4.32. The number of rotatable bonds is 3. The van der Waals surface area contributed by atoms with Crippen LogP contribution in [0.25, 0.3) is 11.2 Å². The molecule has 3 rings (SSSR count). The quantitative estimate of drug-likeness (QED) is 0.555. The van der Waals surface area contributed by atoms with Gasteiger partial charge in [-0.05, 0) is 12.3 Å². The predicted octanol–water partition coefficient (Wildman–Crippen LogP) is -1.14. The molecule has 0 bridgehead atoms. The van der Waals surface area contributed by atoms with Crippen molar-refractivity contribution in [2.45, 2.75) is 12.5 Å². The highest BCUT2D eigenvalue weighted by Crippen LogP contribution is 2.44. The Kier molecular flexibility index (Phi) is 2.76. The molecule has 8 nitrogen and oxygen atoms in total. The van der Waals surface area contributed by atoms with E-state index >= 15 is 0 Å². The lowest BCUT2D eigenvalue weighted by molar-refractivity contribution is -0.00528. The number of H-pyrrole nitrogens is 1. The molecule has 102 valence electrons. The number of hydrogen-bond acceptors (Lipinski definition) is 6. The number of fused-ring (bicyclic) bond motifs is 1. The fraction of sp³-hybridized carbons (Fsp3) is 0.545. The molecule has 2 aromatic rings. The van der Waals surface area contributed by atoms with Crippen LogP contribution in [-0.2, 0) is 0 Å². The summed E-state index contributed by atoms with van der Waals surface area (Å²) in [5, 5.41) is 18.6. The van der Waals surface area contributed by atoms with E-state index in [4.69, 9.17) is 5.73 Å². The number of aromatic amines is 1. The van der Waals surface area contributed by atoms with E-state index in [1.54, 1.807) is 4.57 Å². The van der Waals surface area contributed by atoms with Crippen LogP contribution in [0, 0.1) is 11.8 Å². The maximum absolute atomic E-state index is 11.7. The molecule has 19 heavy (non-hydrogen) atoms. The van der Waals surface area contributed by atoms with E-state index in [9.17, 15) is 15.0 Å². The first-order valence-electron chi connectivity index (χ1n) is 6.09. The van der Waals surface area contributed by atoms with Gasteiger partial charge in [0.1, 0.15) is 0 Å². The fourth-order valence-electron chi connectivity index (χ4n) is 2.76. The molecule has 0 aliphatic heterocycles. The van der Waals surface area contributed by atoms with Crippen molar-refractivity contribution in [3.8, 4) is 0 Å². The SMILES string of the molecule is Nc1nc2c(ncn2[C@@H]2C[C@H](CO)[C@@H]2CO)c(=O)[nH]1. The summed E-state index contributed by atoms with van der Waals surface area (Å²) in [6.45, 7) is 0.0265. The minimum Gasteiger partial charge on any atom is -0.396 e. The Morgan fingerprint density at radius 3 is 2.95 bits per heavy atom. The topological polar surface area (TPSA) is 130 Å². The first-order chi connectivity index (χ1) is 9.15. The standard InChI is InChI=1S/C11H15N5O3/c12-11-14-9-8(10(19)15-11)13-4-16(9)7-1-5(2-17)6(7)3-18/h4-7,17-18H,1-3H2,(H3,12,14,15,19)/t5-,6+,7-/m1/s1. The Hall–Kier alpha value is -1.93. The number of imidazole rings is 1. The summed E-state index contributed by atoms with van der Waals surface area (Å²) >= 11 is 0. The van der Waals surface area contributed by atoms with Gasteiger partial charge in [0.05, 0.1) is 6.33 Å². The van der Waals surface area contributed by atoms with E-state index in [0.29, 0.717) is 5.65 Å². The largest absolute Gasteiger partial charge is 0.396 e. The van der Waals surface area contributed by atoms with Crippen LogP contribution in [0.1, 0.15) is 12.5 Å². The van der Waals surface area contributed by atoms with Crippen molar-refractivity contribution >= 4 is 17.1 Å². The van der Waals surface area contributed by atoms with Gasteiger partial charge in [0, 0.05) is 25.2 Å². The number of aliphatic hydroxyl groups is 2. The lowest BCUT2D eigenvalue weighted by Gasteiger charge is -2.43. The number of nitrogens with one attached hydrogen (secondary N) is 1. The van der Waals surface area contributed by atoms with Crippen LogP contribution < -0.4 is 11.3 Å². The number of nitrogens with zero attached hydrogens (tertiary/aromatic N) is 3. The summed E-state index contributed by atoms with van der Waals surface area (Å²) in [4.78, 5) is 22.2. The predicted molar refractivity (Wildman–Crippen MR) is 67.4 cm³/mol. The summed E-state index contributed by atoms with van der Waals surface area (Å²) in [6.07, 6.45) is 2.26. The number of anilines is 1. The number of nitrogens with two attached hydrogens (primary N) is 1. The second-order valence-corrected chi connectivity index (χ2v) is 4.87. The maximum Gasteiger partial charge on any atom is 0.280 e. The van der Waals surface area contributed by atoms with Gasteiger partial charge in [0.2, 0.25) is 5.95 Å². The monoisotopic (exact) mass is 265 g/mol. The zero-order chi connectivity index (χ0) is 13.6. The first-order valence-corrected chi connectivity index (χ1v) is 6.09. The molecule has 1 aliphatic rings. The third-order valence-electron chi connectivity index (χ3n) is 3.90. The summed E-state index contributed by atoms with van der Waals surface area (Å²) < 4.78 is 1.76. The van der Waals surface area contributed by atoms with Gasteiger partial charge in [-0.25, -0.2) is 4.98 Å². The number of nitrogen functional groups attached to an aromatic ring is 1. The van der Waals surface area contributed by atoms with Gasteiger partial charge in [0.25, 0.3) is 5.56 Å². The highest BCUT2D eigenvalue weighted by Gasteiger charge is 2.41. The molecule has 5 N–H and O–H groups in total. The molecule has 2 aromatic heterocycles. The van der Waals surface area contributed by atoms with Crippen molar-refractivity contribution in [3.05, 3.63) is 16.7 Å². The molecule has 3 atom stereocenters. The molecule has 0 aromatic carbocycles. The number of hydrogen-bond donors (Lipinski definition) is 4. The Morgan fingerprint density at radius 1 is 1.47 bits per heavy atom. The Labute approximate surface area is 107 Å². The zero-order valence-electron chi connectivity index (χ0n) is 10.2. The molecule has 0 saturated heterocycles. The van der Waals surface area contributed by atoms with Crippen molar-refractivity contribution < 1.29 is 10.2 Å². The molecule has 1 saturated carbocycles. The molecule has 0 spiro atoms. The molecule has 0 radical (unpaired) electrons. The van der Waals surface area contributed by atoms with Crippen LogP contribution in [0.2, 0.25) is 0 Å². The lowest BCUT2D eigenvalue weighted by Crippen LogP contribution is -2.42. The summed E-state index contributed by atoms with van der Waals surface area (Å²) in [7, 11) is 0. The molecule has 1 aliphatic carbocycles. The van der Waals surface area contributed by atoms with Crippen LogP contribution in [-0.4, -0.2) is 42.9 Å². The van der Waals surface area contributed by atoms with Gasteiger partial charge < -0.3 is 20.5 Å². The molecule has 8 heteroatoms. The normalized spacial score (nSPS) is 26.5. The van der Waals surface area contributed by atoms with Crippen LogP contribution >= 0.6 is 0 Å². The van der Waals surface area contributed by atoms with Crippen molar-refractivity contribution in [1.82, 2.24) is 19.5 Å². The van der Waals surface area contributed by atoms with E-state index in [1.807, 2.05) is 0 Å². The first kappa shape index (κ1) is 12.1. The van der Waals surface area contributed by atoms with Crippen molar-refractivity contribution in [2.75, 3.05) is 18.9 Å². The number of aromatic nitrogens is 4. The van der Waals surface area contributed by atoms with E-state index in [-0.39, 0.29) is 48.1 Å². The van der Waals surface area contributed by atoms with Crippen LogP contribution in [0.15, 0.2) is 11.1 Å². The molecular weight excluding hydrogens is 250 g/mol. The average Bonchev–Trinajstić information content (AvgIpc) is 2.73. The Balaban J connectivity index is 2.05. The second-order valence-electron chi connectivity index (χ2n) is 4.87. The van der Waals surface area contributed by atoms with E-state index in [0.717, 1.165) is 6.42 Å². The van der Waals surface area contributed by atoms with Gasteiger partial charge in [-0.2, -0.15) is 4.98 Å². The van der Waals surface area contributed by atoms with E-state index in [1.165, 1.54) is 6.33 Å². The van der Waals surface area contributed by atoms with Gasteiger partial charge in [-0.1, -0.05) is 0 Å². The van der Waals surface area contributed by atoms with E-state index < -0.39 is 0 Å². The van der Waals surface area contributed by atoms with Crippen LogP contribution in [0.4, 0.5) is 5.95 Å². The van der Waals surface area contributed by atoms with Crippen LogP contribution in [0.3, 0.4) is 0 Å². The highest BCUT2D eigenvalue weighted by atomic mass is 16.3. The minimum atomic E-state index is -0.375. The Morgan fingerprint density at radius 2 is 2.26 bits per heavy atom. The molecular formula is C11H15N5O3. The van der Waals surface area contributed by atoms with Gasteiger partial charge in [-0.3, -0.25) is 9.78 Å². The average molecular weight is 265 g/mol. The third-order valence-corrected chi connectivity index (χ3v) is 3.90. The van der Waals surface area contributed by atoms with Crippen LogP contribution in [0.5, 0.6) is 0 Å². The maximum atomic E-state index is 11.7. The summed E-state index contributed by atoms with van der Waals surface area (Å²) in [6, 6.07) is -0.0131. The summed E-state index contributed by atoms with van der Waals surface area (Å²) in [5.74, 6) is 0.0642. The smallest absolute Gasteiger partial charge is 0.280 e. The highest BCUT2D eigenvalue weighted by molar-refractivity contribution is 5.70. The molecule has 0 amide bonds. The summed E-state index contributed by atoms with van der Waals surface area (Å²) in [5.41, 5.74) is 5.81. The lowest BCUT2D eigenvalue weighted by atomic mass is 9.70. The van der Waals surface area contributed by atoms with Gasteiger partial charge in [0.15, 0.2) is 11.2 Å². The zero-order valence-corrected chi connectivity index (χ0v) is 10.2. The van der Waals surface area contributed by atoms with Crippen molar-refractivity contribution in [1.29, 1.82) is 0 Å². The van der Waals surface area contributed by atoms with Gasteiger partial charge in [-0.15, -0.1) is 0 Å². The van der Waals surface area contributed by atoms with Gasteiger partial charge >= 0.3 is 0 Å². The third kappa shape index (κ3) is 1.71.